The highest BCUT2D eigenvalue weighted by molar-refractivity contribution is 6.37. The number of fused-ring (bicyclic) bond motifs is 2. The number of benzene rings is 3. The minimum Gasteiger partial charge on any atom is -0.492 e. The summed E-state index contributed by atoms with van der Waals surface area (Å²) in [5.74, 6) is 2.96. The van der Waals surface area contributed by atoms with E-state index in [4.69, 9.17) is 21.1 Å². The molecule has 0 bridgehead atoms. The van der Waals surface area contributed by atoms with Crippen molar-refractivity contribution in [3.8, 4) is 11.5 Å². The molecule has 0 spiro atoms. The summed E-state index contributed by atoms with van der Waals surface area (Å²) >= 11 is 6.62. The quantitative estimate of drug-likeness (QED) is 0.374. The molecule has 27 heavy (non-hydrogen) atoms. The molecular formula is C24H29ClO2. The van der Waals surface area contributed by atoms with Gasteiger partial charge in [-0.25, -0.2) is 0 Å². The standard InChI is InChI=1S/C24H29ClO2/c1-16(2)12-14-26-23-18-8-5-6-9-19(18)24(27-15-13-17(3)4)22-20(23)10-7-11-21(22)25/h5-11,16-17H,12-15H2,1-4H3. The van der Waals surface area contributed by atoms with Crippen molar-refractivity contribution >= 4 is 33.1 Å². The average molecular weight is 385 g/mol. The van der Waals surface area contributed by atoms with E-state index in [1.54, 1.807) is 0 Å². The van der Waals surface area contributed by atoms with Crippen LogP contribution in [0.1, 0.15) is 40.5 Å². The molecule has 0 heterocycles. The van der Waals surface area contributed by atoms with Crippen molar-refractivity contribution in [1.82, 2.24) is 0 Å². The number of rotatable bonds is 8. The first kappa shape index (κ1) is 19.8. The largest absolute Gasteiger partial charge is 0.492 e. The van der Waals surface area contributed by atoms with E-state index in [1.165, 1.54) is 0 Å². The van der Waals surface area contributed by atoms with Gasteiger partial charge in [0.15, 0.2) is 0 Å². The van der Waals surface area contributed by atoms with E-state index in [9.17, 15) is 0 Å². The molecule has 3 aromatic carbocycles. The summed E-state index contributed by atoms with van der Waals surface area (Å²) in [7, 11) is 0. The second kappa shape index (κ2) is 8.84. The van der Waals surface area contributed by atoms with E-state index >= 15 is 0 Å². The molecule has 3 rings (SSSR count). The first-order valence-electron chi connectivity index (χ1n) is 9.87. The lowest BCUT2D eigenvalue weighted by Crippen LogP contribution is -2.05. The summed E-state index contributed by atoms with van der Waals surface area (Å²) in [6.07, 6.45) is 2.02. The van der Waals surface area contributed by atoms with Gasteiger partial charge in [0.2, 0.25) is 0 Å². The smallest absolute Gasteiger partial charge is 0.136 e. The van der Waals surface area contributed by atoms with Gasteiger partial charge < -0.3 is 9.47 Å². The van der Waals surface area contributed by atoms with Gasteiger partial charge in [0, 0.05) is 21.5 Å². The van der Waals surface area contributed by atoms with Gasteiger partial charge in [-0.1, -0.05) is 75.7 Å². The molecule has 0 saturated carbocycles. The lowest BCUT2D eigenvalue weighted by atomic mass is 10.00. The monoisotopic (exact) mass is 384 g/mol. The second-order valence-electron chi connectivity index (χ2n) is 7.93. The normalized spacial score (nSPS) is 11.7. The van der Waals surface area contributed by atoms with Gasteiger partial charge in [0.05, 0.1) is 18.2 Å². The molecule has 0 unspecified atom stereocenters. The molecular weight excluding hydrogens is 356 g/mol. The Bertz CT molecular complexity index is 915. The Hall–Kier alpha value is -1.93. The number of ether oxygens (including phenoxy) is 2. The van der Waals surface area contributed by atoms with Crippen LogP contribution in [0.5, 0.6) is 11.5 Å². The molecule has 0 aliphatic heterocycles. The van der Waals surface area contributed by atoms with Gasteiger partial charge in [0.25, 0.3) is 0 Å². The number of hydrogen-bond acceptors (Lipinski definition) is 2. The Morgan fingerprint density at radius 3 is 1.81 bits per heavy atom. The first-order valence-corrected chi connectivity index (χ1v) is 10.2. The Labute approximate surface area is 167 Å². The van der Waals surface area contributed by atoms with Crippen molar-refractivity contribution in [2.45, 2.75) is 40.5 Å². The van der Waals surface area contributed by atoms with Crippen molar-refractivity contribution in [3.05, 3.63) is 47.5 Å². The van der Waals surface area contributed by atoms with Crippen molar-refractivity contribution in [2.24, 2.45) is 11.8 Å². The molecule has 0 aliphatic rings. The fourth-order valence-corrected chi connectivity index (χ4v) is 3.46. The minimum atomic E-state index is 0.594. The van der Waals surface area contributed by atoms with Crippen LogP contribution in [0.15, 0.2) is 42.5 Å². The molecule has 0 aliphatic carbocycles. The van der Waals surface area contributed by atoms with Crippen molar-refractivity contribution in [3.63, 3.8) is 0 Å². The molecule has 0 saturated heterocycles. The van der Waals surface area contributed by atoms with E-state index in [-0.39, 0.29) is 0 Å². The molecule has 3 heteroatoms. The van der Waals surface area contributed by atoms with Crippen molar-refractivity contribution in [2.75, 3.05) is 13.2 Å². The lowest BCUT2D eigenvalue weighted by molar-refractivity contribution is 0.291. The third-order valence-electron chi connectivity index (χ3n) is 4.78. The zero-order valence-corrected chi connectivity index (χ0v) is 17.5. The van der Waals surface area contributed by atoms with Crippen molar-refractivity contribution in [1.29, 1.82) is 0 Å². The van der Waals surface area contributed by atoms with Crippen LogP contribution >= 0.6 is 11.6 Å². The van der Waals surface area contributed by atoms with Crippen molar-refractivity contribution < 1.29 is 9.47 Å². The van der Waals surface area contributed by atoms with Gasteiger partial charge in [0.1, 0.15) is 11.5 Å². The minimum absolute atomic E-state index is 0.594. The average Bonchev–Trinajstić information content (AvgIpc) is 2.63. The molecule has 144 valence electrons. The predicted molar refractivity (Wildman–Crippen MR) is 116 cm³/mol. The topological polar surface area (TPSA) is 18.5 Å². The van der Waals surface area contributed by atoms with Crippen LogP contribution in [0, 0.1) is 11.8 Å². The Balaban J connectivity index is 2.15. The Morgan fingerprint density at radius 1 is 0.704 bits per heavy atom. The summed E-state index contributed by atoms with van der Waals surface area (Å²) in [5.41, 5.74) is 0. The third kappa shape index (κ3) is 4.50. The van der Waals surface area contributed by atoms with E-state index in [0.29, 0.717) is 30.1 Å². The maximum atomic E-state index is 6.62. The fourth-order valence-electron chi connectivity index (χ4n) is 3.20. The first-order chi connectivity index (χ1) is 13.0. The third-order valence-corrected chi connectivity index (χ3v) is 5.10. The van der Waals surface area contributed by atoms with Crippen LogP contribution in [0.4, 0.5) is 0 Å². The summed E-state index contributed by atoms with van der Waals surface area (Å²) in [5, 5.41) is 4.80. The van der Waals surface area contributed by atoms with Gasteiger partial charge in [-0.05, 0) is 30.7 Å². The molecule has 0 N–H and O–H groups in total. The van der Waals surface area contributed by atoms with E-state index in [2.05, 4.69) is 45.9 Å². The molecule has 0 radical (unpaired) electrons. The van der Waals surface area contributed by atoms with Gasteiger partial charge >= 0.3 is 0 Å². The van der Waals surface area contributed by atoms with Gasteiger partial charge in [-0.2, -0.15) is 0 Å². The highest BCUT2D eigenvalue weighted by atomic mass is 35.5. The Kier molecular flexibility index (Phi) is 6.49. The number of hydrogen-bond donors (Lipinski definition) is 0. The number of halogens is 1. The molecule has 3 aromatic rings. The van der Waals surface area contributed by atoms with E-state index < -0.39 is 0 Å². The second-order valence-corrected chi connectivity index (χ2v) is 8.34. The van der Waals surface area contributed by atoms with Crippen LogP contribution < -0.4 is 9.47 Å². The predicted octanol–water partition coefficient (Wildman–Crippen LogP) is 7.50. The molecule has 0 amide bonds. The highest BCUT2D eigenvalue weighted by Gasteiger charge is 2.18. The maximum Gasteiger partial charge on any atom is 0.136 e. The highest BCUT2D eigenvalue weighted by Crippen LogP contribution is 2.45. The summed E-state index contributed by atoms with van der Waals surface area (Å²) in [6.45, 7) is 10.2. The SMILES string of the molecule is CC(C)CCOc1c2ccccc2c(OCCC(C)C)c2c(Cl)cccc12. The van der Waals surface area contributed by atoms with Crippen LogP contribution in [-0.4, -0.2) is 13.2 Å². The molecule has 0 aromatic heterocycles. The lowest BCUT2D eigenvalue weighted by Gasteiger charge is -2.19. The fraction of sp³-hybridized carbons (Fsp3) is 0.417. The van der Waals surface area contributed by atoms with Gasteiger partial charge in [-0.3, -0.25) is 0 Å². The van der Waals surface area contributed by atoms with Crippen LogP contribution in [0.25, 0.3) is 21.5 Å². The zero-order chi connectivity index (χ0) is 19.4. The zero-order valence-electron chi connectivity index (χ0n) is 16.7. The van der Waals surface area contributed by atoms with Crippen LogP contribution in [0.2, 0.25) is 5.02 Å². The van der Waals surface area contributed by atoms with Crippen LogP contribution in [0.3, 0.4) is 0 Å². The summed E-state index contributed by atoms with van der Waals surface area (Å²) in [6, 6.07) is 14.3. The maximum absolute atomic E-state index is 6.62. The summed E-state index contributed by atoms with van der Waals surface area (Å²) < 4.78 is 12.6. The van der Waals surface area contributed by atoms with Gasteiger partial charge in [-0.15, -0.1) is 0 Å². The van der Waals surface area contributed by atoms with Crippen LogP contribution in [-0.2, 0) is 0 Å². The molecule has 2 nitrogen and oxygen atoms in total. The van der Waals surface area contributed by atoms with E-state index in [0.717, 1.165) is 45.9 Å². The summed E-state index contributed by atoms with van der Waals surface area (Å²) in [4.78, 5) is 0. The molecule has 0 atom stereocenters. The molecule has 0 fully saturated rings. The Morgan fingerprint density at radius 2 is 1.22 bits per heavy atom. The van der Waals surface area contributed by atoms with E-state index in [1.807, 2.05) is 24.3 Å².